The average Bonchev–Trinajstić information content (AvgIpc) is 3.16. The monoisotopic (exact) mass is 374 g/mol. The number of amides is 1. The highest BCUT2D eigenvalue weighted by Gasteiger charge is 2.29. The van der Waals surface area contributed by atoms with Gasteiger partial charge >= 0.3 is 0 Å². The van der Waals surface area contributed by atoms with Gasteiger partial charge in [0, 0.05) is 12.7 Å². The van der Waals surface area contributed by atoms with E-state index in [9.17, 15) is 13.2 Å². The fourth-order valence-electron chi connectivity index (χ4n) is 2.70. The van der Waals surface area contributed by atoms with Crippen molar-refractivity contribution in [3.63, 3.8) is 0 Å². The molecule has 6 nitrogen and oxygen atoms in total. The Balaban J connectivity index is 1.54. The van der Waals surface area contributed by atoms with Gasteiger partial charge in [-0.1, -0.05) is 29.5 Å². The van der Waals surface area contributed by atoms with Crippen molar-refractivity contribution in [1.29, 1.82) is 0 Å². The van der Waals surface area contributed by atoms with Crippen LogP contribution < -0.4 is 10.1 Å². The molecule has 4 rings (SSSR count). The van der Waals surface area contributed by atoms with Gasteiger partial charge in [0.15, 0.2) is 21.1 Å². The van der Waals surface area contributed by atoms with Crippen LogP contribution in [0.5, 0.6) is 5.75 Å². The van der Waals surface area contributed by atoms with Gasteiger partial charge in [0.2, 0.25) is 0 Å². The number of hydrogen-bond donors (Lipinski definition) is 1. The van der Waals surface area contributed by atoms with Crippen molar-refractivity contribution in [2.75, 3.05) is 11.6 Å². The number of sulfone groups is 1. The Bertz CT molecular complexity index is 1060. The minimum absolute atomic E-state index is 0.233. The van der Waals surface area contributed by atoms with Gasteiger partial charge in [-0.3, -0.25) is 10.1 Å². The number of rotatable bonds is 3. The first-order valence-corrected chi connectivity index (χ1v) is 10.3. The summed E-state index contributed by atoms with van der Waals surface area (Å²) < 4.78 is 29.6. The summed E-state index contributed by atoms with van der Waals surface area (Å²) in [6, 6.07) is 12.3. The number of fused-ring (bicyclic) bond motifs is 2. The van der Waals surface area contributed by atoms with Crippen molar-refractivity contribution < 1.29 is 17.9 Å². The smallest absolute Gasteiger partial charge is 0.267 e. The van der Waals surface area contributed by atoms with Crippen molar-refractivity contribution >= 4 is 42.4 Å². The van der Waals surface area contributed by atoms with E-state index in [1.807, 2.05) is 24.3 Å². The molecule has 1 N–H and O–H groups in total. The second kappa shape index (κ2) is 5.82. The zero-order valence-corrected chi connectivity index (χ0v) is 14.9. The summed E-state index contributed by atoms with van der Waals surface area (Å²) in [5.41, 5.74) is 1.65. The number of hydrogen-bond acceptors (Lipinski definition) is 6. The van der Waals surface area contributed by atoms with Gasteiger partial charge < -0.3 is 4.74 Å². The second-order valence-corrected chi connectivity index (χ2v) is 8.87. The van der Waals surface area contributed by atoms with Crippen LogP contribution in [0.25, 0.3) is 10.2 Å². The maximum atomic E-state index is 12.4. The van der Waals surface area contributed by atoms with Crippen LogP contribution in [0.1, 0.15) is 5.56 Å². The number of carbonyl (C=O) groups is 1. The molecule has 8 heteroatoms. The van der Waals surface area contributed by atoms with Gasteiger partial charge in [-0.05, 0) is 29.8 Å². The van der Waals surface area contributed by atoms with Crippen LogP contribution in [0.2, 0.25) is 0 Å². The first-order chi connectivity index (χ1) is 11.9. The number of benzene rings is 2. The van der Waals surface area contributed by atoms with E-state index in [4.69, 9.17) is 4.74 Å². The number of nitrogens with one attached hydrogen (secondary N) is 1. The number of anilines is 1. The molecule has 0 spiro atoms. The highest BCUT2D eigenvalue weighted by molar-refractivity contribution is 7.90. The molecule has 2 aromatic carbocycles. The summed E-state index contributed by atoms with van der Waals surface area (Å²) in [7, 11) is -3.28. The van der Waals surface area contributed by atoms with Gasteiger partial charge in [0.1, 0.15) is 5.75 Å². The third-order valence-electron chi connectivity index (χ3n) is 3.96. The fraction of sp³-hybridized carbons (Fsp3) is 0.176. The number of carbonyl (C=O) groups excluding carboxylic acids is 1. The SMILES string of the molecule is CS(=O)(=O)c1ccc2nc(NC(=O)[C@H]3Cc4ccccc4O3)sc2c1. The van der Waals surface area contributed by atoms with Gasteiger partial charge in [-0.2, -0.15) is 0 Å². The average molecular weight is 374 g/mol. The minimum Gasteiger partial charge on any atom is -0.480 e. The van der Waals surface area contributed by atoms with Crippen molar-refractivity contribution in [2.24, 2.45) is 0 Å². The predicted molar refractivity (Wildman–Crippen MR) is 95.9 cm³/mol. The van der Waals surface area contributed by atoms with Gasteiger partial charge in [-0.15, -0.1) is 0 Å². The molecule has 0 saturated carbocycles. The molecule has 1 amide bonds. The highest BCUT2D eigenvalue weighted by Crippen LogP contribution is 2.31. The molecular weight excluding hydrogens is 360 g/mol. The van der Waals surface area contributed by atoms with Crippen molar-refractivity contribution in [1.82, 2.24) is 4.98 Å². The Hall–Kier alpha value is -2.45. The number of ether oxygens (including phenoxy) is 1. The molecule has 3 aromatic rings. The molecule has 0 unspecified atom stereocenters. The summed E-state index contributed by atoms with van der Waals surface area (Å²) >= 11 is 1.24. The van der Waals surface area contributed by atoms with E-state index >= 15 is 0 Å². The molecular formula is C17H14N2O4S2. The quantitative estimate of drug-likeness (QED) is 0.762. The van der Waals surface area contributed by atoms with E-state index in [0.717, 1.165) is 17.6 Å². The Morgan fingerprint density at radius 2 is 2.08 bits per heavy atom. The van der Waals surface area contributed by atoms with Crippen LogP contribution in [-0.2, 0) is 21.1 Å². The first kappa shape index (κ1) is 16.0. The third-order valence-corrected chi connectivity index (χ3v) is 6.00. The van der Waals surface area contributed by atoms with E-state index in [0.29, 0.717) is 21.8 Å². The third kappa shape index (κ3) is 3.10. The lowest BCUT2D eigenvalue weighted by Gasteiger charge is -2.09. The summed E-state index contributed by atoms with van der Waals surface area (Å²) in [4.78, 5) is 17.0. The standard InChI is InChI=1S/C17H14N2O4S2/c1-25(21,22)11-6-7-12-15(9-11)24-17(18-12)19-16(20)14-8-10-4-2-3-5-13(10)23-14/h2-7,9,14H,8H2,1H3,(H,18,19,20)/t14-/m1/s1. The summed E-state index contributed by atoms with van der Waals surface area (Å²) in [6.07, 6.45) is 1.09. The van der Waals surface area contributed by atoms with Crippen molar-refractivity contribution in [3.8, 4) is 5.75 Å². The zero-order valence-electron chi connectivity index (χ0n) is 13.2. The molecule has 0 radical (unpaired) electrons. The molecule has 0 bridgehead atoms. The number of para-hydroxylation sites is 1. The maximum Gasteiger partial charge on any atom is 0.267 e. The summed E-state index contributed by atoms with van der Waals surface area (Å²) in [5, 5.41) is 3.18. The van der Waals surface area contributed by atoms with E-state index in [1.165, 1.54) is 17.4 Å². The molecule has 0 saturated heterocycles. The fourth-order valence-corrected chi connectivity index (χ4v) is 4.33. The van der Waals surface area contributed by atoms with Crippen LogP contribution in [0.3, 0.4) is 0 Å². The Morgan fingerprint density at radius 1 is 1.28 bits per heavy atom. The van der Waals surface area contributed by atoms with Gasteiger partial charge in [0.05, 0.1) is 15.1 Å². The Kier molecular flexibility index (Phi) is 3.73. The maximum absolute atomic E-state index is 12.4. The lowest BCUT2D eigenvalue weighted by Crippen LogP contribution is -2.31. The lowest BCUT2D eigenvalue weighted by atomic mass is 10.1. The van der Waals surface area contributed by atoms with E-state index in [1.54, 1.807) is 12.1 Å². The van der Waals surface area contributed by atoms with Gasteiger partial charge in [-0.25, -0.2) is 13.4 Å². The van der Waals surface area contributed by atoms with Crippen molar-refractivity contribution in [3.05, 3.63) is 48.0 Å². The topological polar surface area (TPSA) is 85.4 Å². The van der Waals surface area contributed by atoms with Crippen molar-refractivity contribution in [2.45, 2.75) is 17.4 Å². The largest absolute Gasteiger partial charge is 0.480 e. The molecule has 0 aliphatic carbocycles. The molecule has 1 atom stereocenters. The molecule has 128 valence electrons. The van der Waals surface area contributed by atoms with Crippen LogP contribution in [0, 0.1) is 0 Å². The summed E-state index contributed by atoms with van der Waals surface area (Å²) in [5.74, 6) is 0.461. The highest BCUT2D eigenvalue weighted by atomic mass is 32.2. The molecule has 1 aliphatic heterocycles. The minimum atomic E-state index is -3.28. The number of nitrogens with zero attached hydrogens (tertiary/aromatic N) is 1. The normalized spacial score (nSPS) is 16.4. The molecule has 2 heterocycles. The Morgan fingerprint density at radius 3 is 2.84 bits per heavy atom. The number of aromatic nitrogens is 1. The van der Waals surface area contributed by atoms with E-state index < -0.39 is 15.9 Å². The molecule has 1 aromatic heterocycles. The van der Waals surface area contributed by atoms with Crippen LogP contribution >= 0.6 is 11.3 Å². The molecule has 25 heavy (non-hydrogen) atoms. The van der Waals surface area contributed by atoms with Crippen LogP contribution in [0.4, 0.5) is 5.13 Å². The van der Waals surface area contributed by atoms with E-state index in [-0.39, 0.29) is 10.8 Å². The van der Waals surface area contributed by atoms with Crippen LogP contribution in [-0.4, -0.2) is 31.7 Å². The van der Waals surface area contributed by atoms with Gasteiger partial charge in [0.25, 0.3) is 5.91 Å². The number of thiazole rings is 1. The van der Waals surface area contributed by atoms with Crippen LogP contribution in [0.15, 0.2) is 47.4 Å². The Labute approximate surface area is 148 Å². The lowest BCUT2D eigenvalue weighted by molar-refractivity contribution is -0.122. The molecule has 1 aliphatic rings. The molecule has 0 fully saturated rings. The second-order valence-electron chi connectivity index (χ2n) is 5.83. The van der Waals surface area contributed by atoms with E-state index in [2.05, 4.69) is 10.3 Å². The first-order valence-electron chi connectivity index (χ1n) is 7.56. The predicted octanol–water partition coefficient (Wildman–Crippen LogP) is 2.64. The zero-order chi connectivity index (χ0) is 17.6. The summed E-state index contributed by atoms with van der Waals surface area (Å²) in [6.45, 7) is 0.